The SMILES string of the molecule is COCN(C(=O)OCc1ccccc1)[C@@H](COC(C)=O)Cc1ccccc1. The molecule has 0 bridgehead atoms. The average molecular weight is 371 g/mol. The molecule has 0 aliphatic carbocycles. The van der Waals surface area contributed by atoms with Crippen LogP contribution in [0.2, 0.25) is 0 Å². The normalized spacial score (nSPS) is 11.5. The van der Waals surface area contributed by atoms with Crippen LogP contribution < -0.4 is 0 Å². The van der Waals surface area contributed by atoms with Crippen molar-refractivity contribution < 1.29 is 23.8 Å². The van der Waals surface area contributed by atoms with Crippen LogP contribution in [0.25, 0.3) is 0 Å². The van der Waals surface area contributed by atoms with Crippen LogP contribution in [0.3, 0.4) is 0 Å². The number of nitrogens with zero attached hydrogens (tertiary/aromatic N) is 1. The largest absolute Gasteiger partial charge is 0.464 e. The van der Waals surface area contributed by atoms with Crippen molar-refractivity contribution in [3.05, 3.63) is 71.8 Å². The highest BCUT2D eigenvalue weighted by Gasteiger charge is 2.26. The number of benzene rings is 2. The second kappa shape index (κ2) is 11.0. The van der Waals surface area contributed by atoms with E-state index in [-0.39, 0.29) is 19.9 Å². The standard InChI is InChI=1S/C21H25NO5/c1-17(23)26-15-20(13-18-9-5-3-6-10-18)22(16-25-2)21(24)27-14-19-11-7-4-8-12-19/h3-12,20H,13-16H2,1-2H3/t20-/m1/s1. The zero-order valence-corrected chi connectivity index (χ0v) is 15.7. The van der Waals surface area contributed by atoms with Crippen LogP contribution >= 0.6 is 0 Å². The van der Waals surface area contributed by atoms with Crippen molar-refractivity contribution in [1.82, 2.24) is 4.90 Å². The van der Waals surface area contributed by atoms with E-state index in [4.69, 9.17) is 14.2 Å². The Morgan fingerprint density at radius 3 is 2.07 bits per heavy atom. The smallest absolute Gasteiger partial charge is 0.412 e. The summed E-state index contributed by atoms with van der Waals surface area (Å²) >= 11 is 0. The van der Waals surface area contributed by atoms with Gasteiger partial charge in [-0.1, -0.05) is 60.7 Å². The highest BCUT2D eigenvalue weighted by Crippen LogP contribution is 2.13. The lowest BCUT2D eigenvalue weighted by atomic mass is 10.1. The average Bonchev–Trinajstić information content (AvgIpc) is 2.69. The molecule has 1 atom stereocenters. The fourth-order valence-corrected chi connectivity index (χ4v) is 2.61. The van der Waals surface area contributed by atoms with Gasteiger partial charge < -0.3 is 14.2 Å². The first-order valence-corrected chi connectivity index (χ1v) is 8.73. The monoisotopic (exact) mass is 371 g/mol. The first kappa shape index (κ1) is 20.5. The van der Waals surface area contributed by atoms with E-state index in [0.717, 1.165) is 11.1 Å². The van der Waals surface area contributed by atoms with E-state index in [2.05, 4.69) is 0 Å². The molecule has 0 aromatic heterocycles. The van der Waals surface area contributed by atoms with Crippen molar-refractivity contribution >= 4 is 12.1 Å². The topological polar surface area (TPSA) is 65.1 Å². The molecule has 0 N–H and O–H groups in total. The van der Waals surface area contributed by atoms with E-state index in [9.17, 15) is 9.59 Å². The lowest BCUT2D eigenvalue weighted by molar-refractivity contribution is -0.143. The van der Waals surface area contributed by atoms with Gasteiger partial charge in [-0.05, 0) is 17.5 Å². The van der Waals surface area contributed by atoms with E-state index in [1.807, 2.05) is 60.7 Å². The lowest BCUT2D eigenvalue weighted by Crippen LogP contribution is -2.46. The molecular formula is C21H25NO5. The third-order valence-corrected chi connectivity index (χ3v) is 3.94. The molecule has 1 amide bonds. The number of ether oxygens (including phenoxy) is 3. The second-order valence-electron chi connectivity index (χ2n) is 6.07. The summed E-state index contributed by atoms with van der Waals surface area (Å²) in [5, 5.41) is 0. The van der Waals surface area contributed by atoms with Crippen LogP contribution in [0.5, 0.6) is 0 Å². The maximum absolute atomic E-state index is 12.7. The van der Waals surface area contributed by atoms with Crippen molar-refractivity contribution in [2.75, 3.05) is 20.4 Å². The molecule has 27 heavy (non-hydrogen) atoms. The van der Waals surface area contributed by atoms with Crippen LogP contribution in [0.15, 0.2) is 60.7 Å². The van der Waals surface area contributed by atoms with E-state index in [0.29, 0.717) is 6.42 Å². The quantitative estimate of drug-likeness (QED) is 0.499. The summed E-state index contributed by atoms with van der Waals surface area (Å²) in [7, 11) is 1.50. The Kier molecular flexibility index (Phi) is 8.32. The molecule has 2 rings (SSSR count). The maximum atomic E-state index is 12.7. The molecule has 2 aromatic rings. The van der Waals surface area contributed by atoms with E-state index in [1.165, 1.54) is 18.9 Å². The molecule has 0 spiro atoms. The highest BCUT2D eigenvalue weighted by atomic mass is 16.6. The van der Waals surface area contributed by atoms with Crippen molar-refractivity contribution in [2.24, 2.45) is 0 Å². The summed E-state index contributed by atoms with van der Waals surface area (Å²) in [6, 6.07) is 18.7. The van der Waals surface area contributed by atoms with Gasteiger partial charge in [0.1, 0.15) is 19.9 Å². The Labute approximate surface area is 159 Å². The Morgan fingerprint density at radius 2 is 1.52 bits per heavy atom. The predicted molar refractivity (Wildman–Crippen MR) is 101 cm³/mol. The highest BCUT2D eigenvalue weighted by molar-refractivity contribution is 5.68. The number of methoxy groups -OCH3 is 1. The number of hydrogen-bond donors (Lipinski definition) is 0. The summed E-state index contributed by atoms with van der Waals surface area (Å²) in [5.41, 5.74) is 1.91. The van der Waals surface area contributed by atoms with Gasteiger partial charge in [0, 0.05) is 14.0 Å². The molecule has 0 fully saturated rings. The Balaban J connectivity index is 2.09. The molecular weight excluding hydrogens is 346 g/mol. The van der Waals surface area contributed by atoms with E-state index in [1.54, 1.807) is 0 Å². The third-order valence-electron chi connectivity index (χ3n) is 3.94. The fourth-order valence-electron chi connectivity index (χ4n) is 2.61. The molecule has 0 aliphatic rings. The van der Waals surface area contributed by atoms with Crippen LogP contribution in [0.4, 0.5) is 4.79 Å². The van der Waals surface area contributed by atoms with Crippen molar-refractivity contribution in [1.29, 1.82) is 0 Å². The number of esters is 1. The molecule has 2 aromatic carbocycles. The minimum absolute atomic E-state index is 0.0341. The molecule has 0 saturated carbocycles. The molecule has 144 valence electrons. The summed E-state index contributed by atoms with van der Waals surface area (Å²) in [6.07, 6.45) is -0.00782. The second-order valence-corrected chi connectivity index (χ2v) is 6.07. The fraction of sp³-hybridized carbons (Fsp3) is 0.333. The Bertz CT molecular complexity index is 705. The van der Waals surface area contributed by atoms with Gasteiger partial charge in [-0.25, -0.2) is 4.79 Å². The van der Waals surface area contributed by atoms with Gasteiger partial charge in [0.05, 0.1) is 6.04 Å². The molecule has 0 saturated heterocycles. The molecule has 0 radical (unpaired) electrons. The molecule has 6 heteroatoms. The zero-order chi connectivity index (χ0) is 19.5. The number of rotatable bonds is 9. The predicted octanol–water partition coefficient (Wildman–Crippen LogP) is 3.40. The van der Waals surface area contributed by atoms with Crippen LogP contribution in [-0.2, 0) is 32.0 Å². The van der Waals surface area contributed by atoms with Crippen LogP contribution in [0, 0.1) is 0 Å². The third kappa shape index (κ3) is 7.11. The minimum atomic E-state index is -0.520. The number of carbonyl (C=O) groups is 2. The molecule has 0 aliphatic heterocycles. The molecule has 0 heterocycles. The number of hydrogen-bond acceptors (Lipinski definition) is 5. The van der Waals surface area contributed by atoms with Gasteiger partial charge in [0.2, 0.25) is 0 Å². The minimum Gasteiger partial charge on any atom is -0.464 e. The van der Waals surface area contributed by atoms with Crippen molar-refractivity contribution in [3.8, 4) is 0 Å². The van der Waals surface area contributed by atoms with Gasteiger partial charge in [0.25, 0.3) is 0 Å². The van der Waals surface area contributed by atoms with Crippen molar-refractivity contribution in [3.63, 3.8) is 0 Å². The summed E-state index contributed by atoms with van der Waals surface area (Å²) in [5.74, 6) is -0.400. The van der Waals surface area contributed by atoms with E-state index < -0.39 is 18.1 Å². The zero-order valence-electron chi connectivity index (χ0n) is 15.7. The summed E-state index contributed by atoms with van der Waals surface area (Å²) in [6.45, 7) is 1.60. The van der Waals surface area contributed by atoms with Gasteiger partial charge >= 0.3 is 12.1 Å². The van der Waals surface area contributed by atoms with Crippen LogP contribution in [-0.4, -0.2) is 43.5 Å². The first-order chi connectivity index (χ1) is 13.1. The Hall–Kier alpha value is -2.86. The van der Waals surface area contributed by atoms with Gasteiger partial charge in [-0.3, -0.25) is 9.69 Å². The summed E-state index contributed by atoms with van der Waals surface area (Å²) < 4.78 is 15.8. The van der Waals surface area contributed by atoms with Gasteiger partial charge in [-0.2, -0.15) is 0 Å². The Morgan fingerprint density at radius 1 is 0.926 bits per heavy atom. The number of amides is 1. The van der Waals surface area contributed by atoms with Gasteiger partial charge in [0.15, 0.2) is 0 Å². The lowest BCUT2D eigenvalue weighted by Gasteiger charge is -2.30. The summed E-state index contributed by atoms with van der Waals surface area (Å²) in [4.78, 5) is 25.4. The molecule has 6 nitrogen and oxygen atoms in total. The maximum Gasteiger partial charge on any atom is 0.412 e. The van der Waals surface area contributed by atoms with E-state index >= 15 is 0 Å². The first-order valence-electron chi connectivity index (χ1n) is 8.73. The number of carbonyl (C=O) groups excluding carboxylic acids is 2. The molecule has 0 unspecified atom stereocenters. The van der Waals surface area contributed by atoms with Crippen LogP contribution in [0.1, 0.15) is 18.1 Å². The van der Waals surface area contributed by atoms with Gasteiger partial charge in [-0.15, -0.1) is 0 Å². The van der Waals surface area contributed by atoms with Crippen molar-refractivity contribution in [2.45, 2.75) is 26.0 Å².